The SMILES string of the molecule is C=Cc1c(C)c(F)c(C(=C/CC)/C(=C(C)\C(C)=C/C)C(/C)=C(\C)N)c(CC)c1CO. The first kappa shape index (κ1) is 25.6. The molecule has 0 atom stereocenters. The summed E-state index contributed by atoms with van der Waals surface area (Å²) in [7, 11) is 0. The predicted octanol–water partition coefficient (Wildman–Crippen LogP) is 7.16. The normalized spacial score (nSPS) is 14.5. The van der Waals surface area contributed by atoms with Gasteiger partial charge in [0.15, 0.2) is 0 Å². The first-order valence-corrected chi connectivity index (χ1v) is 10.7. The average molecular weight is 412 g/mol. The largest absolute Gasteiger partial charge is 0.402 e. The molecule has 0 amide bonds. The van der Waals surface area contributed by atoms with Gasteiger partial charge in [-0.05, 0) is 98.9 Å². The van der Waals surface area contributed by atoms with Crippen molar-refractivity contribution in [3.05, 3.63) is 80.4 Å². The fourth-order valence-corrected chi connectivity index (χ4v) is 3.94. The van der Waals surface area contributed by atoms with E-state index in [-0.39, 0.29) is 12.4 Å². The first-order chi connectivity index (χ1) is 14.1. The Morgan fingerprint density at radius 1 is 1.10 bits per heavy atom. The van der Waals surface area contributed by atoms with Crippen molar-refractivity contribution < 1.29 is 9.50 Å². The highest BCUT2D eigenvalue weighted by molar-refractivity contribution is 5.88. The molecule has 30 heavy (non-hydrogen) atoms. The second kappa shape index (κ2) is 11.1. The highest BCUT2D eigenvalue weighted by Gasteiger charge is 2.25. The molecule has 2 nitrogen and oxygen atoms in total. The van der Waals surface area contributed by atoms with Gasteiger partial charge in [-0.15, -0.1) is 0 Å². The molecule has 0 saturated heterocycles. The molecular formula is C27H38FNO. The van der Waals surface area contributed by atoms with Crippen LogP contribution in [-0.2, 0) is 13.0 Å². The van der Waals surface area contributed by atoms with Gasteiger partial charge in [0.05, 0.1) is 6.61 Å². The lowest BCUT2D eigenvalue weighted by molar-refractivity contribution is 0.280. The summed E-state index contributed by atoms with van der Waals surface area (Å²) in [5.74, 6) is -0.260. The van der Waals surface area contributed by atoms with Gasteiger partial charge in [0.25, 0.3) is 0 Å². The van der Waals surface area contributed by atoms with E-state index in [1.807, 2.05) is 34.6 Å². The summed E-state index contributed by atoms with van der Waals surface area (Å²) in [6, 6.07) is 0. The zero-order chi connectivity index (χ0) is 23.2. The van der Waals surface area contributed by atoms with Crippen LogP contribution in [0.15, 0.2) is 46.7 Å². The number of nitrogens with two attached hydrogens (primary N) is 1. The standard InChI is InChI=1S/C27H38FNO/c1-10-14-23(25(18(7)20(9)29)17(6)16(5)11-2)26-22(13-4)24(15-30)21(12-3)19(8)27(26)28/h11-12,14,30H,3,10,13,15,29H2,1-2,4-9H3/b16-11-,20-18+,23-14+,25-17-. The summed E-state index contributed by atoms with van der Waals surface area (Å²) in [6.07, 6.45) is 7.11. The molecule has 0 aliphatic rings. The minimum atomic E-state index is -0.260. The Labute approximate surface area is 182 Å². The van der Waals surface area contributed by atoms with Crippen molar-refractivity contribution >= 4 is 11.6 Å². The van der Waals surface area contributed by atoms with Crippen LogP contribution in [0.2, 0.25) is 0 Å². The van der Waals surface area contributed by atoms with Crippen LogP contribution in [0, 0.1) is 12.7 Å². The molecule has 0 bridgehead atoms. The summed E-state index contributed by atoms with van der Waals surface area (Å²) in [5, 5.41) is 10.1. The Balaban J connectivity index is 4.29. The van der Waals surface area contributed by atoms with Gasteiger partial charge in [0.1, 0.15) is 5.82 Å². The molecule has 0 aliphatic carbocycles. The monoisotopic (exact) mass is 411 g/mol. The number of aliphatic hydroxyl groups is 1. The summed E-state index contributed by atoms with van der Waals surface area (Å²) in [5.41, 5.74) is 15.1. The maximum atomic E-state index is 15.9. The van der Waals surface area contributed by atoms with Crippen molar-refractivity contribution in [3.8, 4) is 0 Å². The van der Waals surface area contributed by atoms with Crippen molar-refractivity contribution in [2.75, 3.05) is 0 Å². The molecule has 0 aromatic heterocycles. The molecule has 0 fully saturated rings. The first-order valence-electron chi connectivity index (χ1n) is 10.7. The van der Waals surface area contributed by atoms with Crippen LogP contribution in [0.4, 0.5) is 4.39 Å². The third-order valence-corrected chi connectivity index (χ3v) is 5.97. The van der Waals surface area contributed by atoms with E-state index in [4.69, 9.17) is 5.73 Å². The molecule has 3 heteroatoms. The average Bonchev–Trinajstić information content (AvgIpc) is 2.73. The van der Waals surface area contributed by atoms with Gasteiger partial charge in [-0.25, -0.2) is 4.39 Å². The molecule has 3 N–H and O–H groups in total. The number of hydrogen-bond donors (Lipinski definition) is 2. The zero-order valence-corrected chi connectivity index (χ0v) is 20.0. The molecule has 0 radical (unpaired) electrons. The van der Waals surface area contributed by atoms with Crippen molar-refractivity contribution in [1.29, 1.82) is 0 Å². The molecule has 0 unspecified atom stereocenters. The Kier molecular flexibility index (Phi) is 9.51. The van der Waals surface area contributed by atoms with Crippen molar-refractivity contribution in [1.82, 2.24) is 0 Å². The highest BCUT2D eigenvalue weighted by Crippen LogP contribution is 2.40. The van der Waals surface area contributed by atoms with Crippen LogP contribution in [0.1, 0.15) is 82.7 Å². The molecule has 0 spiro atoms. The quantitative estimate of drug-likeness (QED) is 0.446. The summed E-state index contributed by atoms with van der Waals surface area (Å²) in [4.78, 5) is 0. The molecule has 0 heterocycles. The number of rotatable bonds is 8. The Morgan fingerprint density at radius 2 is 1.70 bits per heavy atom. The molecule has 1 rings (SSSR count). The maximum Gasteiger partial charge on any atom is 0.134 e. The number of benzene rings is 1. The van der Waals surface area contributed by atoms with Crippen LogP contribution in [0.5, 0.6) is 0 Å². The van der Waals surface area contributed by atoms with E-state index in [0.717, 1.165) is 45.4 Å². The minimum absolute atomic E-state index is 0.158. The Bertz CT molecular complexity index is 938. The Morgan fingerprint density at radius 3 is 2.10 bits per heavy atom. The lowest BCUT2D eigenvalue weighted by atomic mass is 9.80. The van der Waals surface area contributed by atoms with E-state index in [2.05, 4.69) is 32.6 Å². The van der Waals surface area contributed by atoms with E-state index in [0.29, 0.717) is 28.8 Å². The van der Waals surface area contributed by atoms with Crippen LogP contribution in [-0.4, -0.2) is 5.11 Å². The minimum Gasteiger partial charge on any atom is -0.402 e. The number of hydrogen-bond acceptors (Lipinski definition) is 2. The molecular weight excluding hydrogens is 373 g/mol. The van der Waals surface area contributed by atoms with Crippen LogP contribution >= 0.6 is 0 Å². The molecule has 1 aromatic rings. The van der Waals surface area contributed by atoms with E-state index in [1.54, 1.807) is 13.0 Å². The lowest BCUT2D eigenvalue weighted by Gasteiger charge is -2.25. The maximum absolute atomic E-state index is 15.9. The topological polar surface area (TPSA) is 46.2 Å². The van der Waals surface area contributed by atoms with E-state index < -0.39 is 0 Å². The summed E-state index contributed by atoms with van der Waals surface area (Å²) in [6.45, 7) is 19.5. The van der Waals surface area contributed by atoms with Crippen LogP contribution < -0.4 is 5.73 Å². The van der Waals surface area contributed by atoms with Gasteiger partial charge in [-0.3, -0.25) is 0 Å². The number of halogens is 1. The lowest BCUT2D eigenvalue weighted by Crippen LogP contribution is -2.11. The van der Waals surface area contributed by atoms with Crippen molar-refractivity contribution in [2.24, 2.45) is 5.73 Å². The van der Waals surface area contributed by atoms with Crippen LogP contribution in [0.3, 0.4) is 0 Å². The van der Waals surface area contributed by atoms with E-state index in [9.17, 15) is 5.11 Å². The number of allylic oxidation sites excluding steroid dienone is 8. The van der Waals surface area contributed by atoms with Gasteiger partial charge in [0.2, 0.25) is 0 Å². The van der Waals surface area contributed by atoms with E-state index >= 15 is 4.39 Å². The van der Waals surface area contributed by atoms with E-state index in [1.165, 1.54) is 0 Å². The molecule has 0 saturated carbocycles. The van der Waals surface area contributed by atoms with Gasteiger partial charge in [-0.2, -0.15) is 0 Å². The molecule has 164 valence electrons. The fourth-order valence-electron chi connectivity index (χ4n) is 3.94. The predicted molar refractivity (Wildman–Crippen MR) is 129 cm³/mol. The fraction of sp³-hybridized carbons (Fsp3) is 0.407. The molecule has 0 aliphatic heterocycles. The second-order valence-electron chi connectivity index (χ2n) is 7.71. The van der Waals surface area contributed by atoms with Gasteiger partial charge < -0.3 is 10.8 Å². The van der Waals surface area contributed by atoms with Crippen LogP contribution in [0.25, 0.3) is 11.6 Å². The smallest absolute Gasteiger partial charge is 0.134 e. The zero-order valence-electron chi connectivity index (χ0n) is 20.0. The summed E-state index contributed by atoms with van der Waals surface area (Å²) < 4.78 is 15.9. The third-order valence-electron chi connectivity index (χ3n) is 5.97. The van der Waals surface area contributed by atoms with Crippen molar-refractivity contribution in [2.45, 2.75) is 74.8 Å². The van der Waals surface area contributed by atoms with Gasteiger partial charge in [0, 0.05) is 11.3 Å². The molecule has 1 aromatic carbocycles. The summed E-state index contributed by atoms with van der Waals surface area (Å²) >= 11 is 0. The highest BCUT2D eigenvalue weighted by atomic mass is 19.1. The Hall–Kier alpha value is -2.39. The van der Waals surface area contributed by atoms with Gasteiger partial charge >= 0.3 is 0 Å². The van der Waals surface area contributed by atoms with Gasteiger partial charge in [-0.1, -0.05) is 44.2 Å². The van der Waals surface area contributed by atoms with Crippen molar-refractivity contribution in [3.63, 3.8) is 0 Å². The number of aliphatic hydroxyl groups excluding tert-OH is 1. The second-order valence-corrected chi connectivity index (χ2v) is 7.71. The third kappa shape index (κ3) is 4.84.